The molecule has 0 unspecified atom stereocenters. The molecule has 8 rings (SSSR count). The van der Waals surface area contributed by atoms with Crippen LogP contribution in [0.1, 0.15) is 11.1 Å². The third kappa shape index (κ3) is 17.0. The van der Waals surface area contributed by atoms with Crippen molar-refractivity contribution >= 4 is 150 Å². The maximum atomic E-state index is 6.14. The van der Waals surface area contributed by atoms with E-state index in [2.05, 4.69) is 206 Å². The van der Waals surface area contributed by atoms with Crippen molar-refractivity contribution in [2.45, 2.75) is 12.3 Å². The molecule has 336 valence electrons. The Kier molecular flexibility index (Phi) is 22.0. The number of rotatable bonds is 10. The van der Waals surface area contributed by atoms with Crippen molar-refractivity contribution in [2.24, 2.45) is 0 Å². The first-order valence-electron chi connectivity index (χ1n) is 19.3. The molecule has 0 spiro atoms. The van der Waals surface area contributed by atoms with E-state index in [9.17, 15) is 0 Å². The zero-order valence-electron chi connectivity index (χ0n) is 33.8. The third-order valence-electron chi connectivity index (χ3n) is 9.85. The molecule has 8 aromatic carbocycles. The van der Waals surface area contributed by atoms with Crippen molar-refractivity contribution < 1.29 is 18.4 Å². The van der Waals surface area contributed by atoms with Crippen LogP contribution in [0.15, 0.2) is 231 Å². The molecule has 0 aliphatic carbocycles. The molecule has 0 bridgehead atoms. The monoisotopic (exact) mass is 1160 g/mol. The van der Waals surface area contributed by atoms with Crippen LogP contribution in [0.25, 0.3) is 0 Å². The van der Waals surface area contributed by atoms with Crippen molar-refractivity contribution in [3.63, 3.8) is 0 Å². The molecule has 0 N–H and O–H groups in total. The number of hydrogen-bond acceptors (Lipinski definition) is 0. The van der Waals surface area contributed by atoms with Crippen LogP contribution in [-0.2, 0) is 30.7 Å². The quantitative estimate of drug-likeness (QED) is 0.0946. The van der Waals surface area contributed by atoms with E-state index in [-0.39, 0.29) is 0 Å². The van der Waals surface area contributed by atoms with Crippen molar-refractivity contribution in [3.8, 4) is 0 Å². The van der Waals surface area contributed by atoms with Crippen LogP contribution >= 0.6 is 119 Å². The molecule has 0 aliphatic heterocycles. The topological polar surface area (TPSA) is 0 Å². The molecule has 0 atom stereocenters. The molecule has 0 aromatic heterocycles. The van der Waals surface area contributed by atoms with Gasteiger partial charge in [-0.1, -0.05) is 157 Å². The summed E-state index contributed by atoms with van der Waals surface area (Å²) < 4.78 is 0. The Hall–Kier alpha value is -1.44. The van der Waals surface area contributed by atoms with Crippen LogP contribution in [-0.4, -0.2) is 0 Å². The summed E-state index contributed by atoms with van der Waals surface area (Å²) >= 11 is 12.3. The molecule has 64 heavy (non-hydrogen) atoms. The molecule has 0 saturated heterocycles. The fourth-order valence-corrected chi connectivity index (χ4v) is 16.0. The van der Waals surface area contributed by atoms with Crippen LogP contribution in [0.3, 0.4) is 0 Å². The van der Waals surface area contributed by atoms with Gasteiger partial charge in [0.25, 0.3) is 0 Å². The van der Waals surface area contributed by atoms with Gasteiger partial charge in [0.15, 0.2) is 0 Å². The summed E-state index contributed by atoms with van der Waals surface area (Å²) in [7, 11) is 30.6. The Morgan fingerprint density at radius 2 is 0.406 bits per heavy atom. The normalized spacial score (nSPS) is 11.9. The number of hydrogen-bond donors (Lipinski definition) is 0. The van der Waals surface area contributed by atoms with E-state index in [0.29, 0.717) is 0 Å². The second kappa shape index (κ2) is 26.4. The Bertz CT molecular complexity index is 2150. The Labute approximate surface area is 428 Å². The molecule has 8 aromatic rings. The van der Waals surface area contributed by atoms with Crippen molar-refractivity contribution in [3.05, 3.63) is 252 Å². The molecule has 0 aliphatic rings. The van der Waals surface area contributed by atoms with Gasteiger partial charge >= 0.3 is 99.2 Å². The van der Waals surface area contributed by atoms with Gasteiger partial charge in [0.2, 0.25) is 0 Å². The number of halogens is 10. The van der Waals surface area contributed by atoms with Crippen LogP contribution in [0.4, 0.5) is 0 Å². The zero-order valence-corrected chi connectivity index (χ0v) is 45.5. The van der Waals surface area contributed by atoms with Gasteiger partial charge in [-0.2, -0.15) is 0 Å². The van der Waals surface area contributed by atoms with Gasteiger partial charge in [0.1, 0.15) is 46.4 Å². The molecule has 0 fully saturated rings. The van der Waals surface area contributed by atoms with Crippen molar-refractivity contribution in [1.82, 2.24) is 0 Å². The van der Waals surface area contributed by atoms with Crippen LogP contribution < -0.4 is 31.8 Å². The first-order valence-corrected chi connectivity index (χ1v) is 37.0. The van der Waals surface area contributed by atoms with Crippen LogP contribution in [0, 0.1) is 0 Å². The average Bonchev–Trinajstić information content (AvgIpc) is 3.30. The van der Waals surface area contributed by atoms with Gasteiger partial charge in [-0.15, -0.1) is 0 Å². The van der Waals surface area contributed by atoms with Gasteiger partial charge in [-0.05, 0) is 108 Å². The fraction of sp³-hybridized carbons (Fsp3) is 0.0400. The zero-order chi connectivity index (χ0) is 46.1. The van der Waals surface area contributed by atoms with Crippen molar-refractivity contribution in [2.75, 3.05) is 0 Å². The Morgan fingerprint density at radius 3 is 0.562 bits per heavy atom. The molecule has 14 heteroatoms. The first-order chi connectivity index (χ1) is 30.6. The van der Waals surface area contributed by atoms with Gasteiger partial charge < -0.3 is 0 Å². The van der Waals surface area contributed by atoms with E-state index in [1.807, 2.05) is 24.3 Å². The Balaban J connectivity index is 0.000000199. The SMILES string of the molecule is Clc1ccc(C[P+](c2ccccc2)(c2ccccc2)c2ccccc2)cc1.Clc1ccc(C[P+](c2ccccc2)(c2ccccc2)c2ccccc2)cc1.[Cl][Mn-]([Cl])([Cl])[Cl].[Cl][Mn-]([Cl])([Cl])[Cl]. The minimum absolute atomic E-state index is 0.779. The second-order valence-corrected chi connectivity index (χ2v) is 45.1. The summed E-state index contributed by atoms with van der Waals surface area (Å²) in [6.45, 7) is 0. The average molecular weight is 1170 g/mol. The van der Waals surface area contributed by atoms with E-state index in [1.54, 1.807) is 0 Å². The van der Waals surface area contributed by atoms with Crippen LogP contribution in [0.5, 0.6) is 0 Å². The predicted octanol–water partition coefficient (Wildman–Crippen LogP) is 17.2. The summed E-state index contributed by atoms with van der Waals surface area (Å²) in [6.07, 6.45) is 1.95. The third-order valence-corrected chi connectivity index (χ3v) is 19.1. The first kappa shape index (κ1) is 53.5. The summed E-state index contributed by atoms with van der Waals surface area (Å²) in [5.41, 5.74) is 2.62. The van der Waals surface area contributed by atoms with E-state index in [0.717, 1.165) is 22.4 Å². The molecular formula is C50H42Cl10Mn2P2. The van der Waals surface area contributed by atoms with Gasteiger partial charge in [0, 0.05) is 10.0 Å². The number of benzene rings is 8. The van der Waals surface area contributed by atoms with Gasteiger partial charge in [-0.25, -0.2) is 0 Å². The summed E-state index contributed by atoms with van der Waals surface area (Å²) in [5, 5.41) is 9.96. The predicted molar refractivity (Wildman–Crippen MR) is 287 cm³/mol. The van der Waals surface area contributed by atoms with Crippen molar-refractivity contribution in [1.29, 1.82) is 0 Å². The molecule has 0 heterocycles. The molecular weight excluding hydrogens is 1130 g/mol. The molecule has 0 radical (unpaired) electrons. The Morgan fingerprint density at radius 1 is 0.250 bits per heavy atom. The van der Waals surface area contributed by atoms with E-state index in [1.165, 1.54) is 43.0 Å². The standard InChI is InChI=1S/2C25H21ClP.8ClH.2Mn/c2*26-22-18-16-21(17-19-22)20-27(23-10-4-1-5-11-23,24-12-6-2-7-13-24)25-14-8-3-9-15-25;;;;;;;;;;/h2*1-19H,20H2;8*1H;;/q2*+1;;;;;;;;;2*+3/p-8. The summed E-state index contributed by atoms with van der Waals surface area (Å²) in [6, 6.07) is 82.4. The second-order valence-electron chi connectivity index (χ2n) is 13.8. The van der Waals surface area contributed by atoms with E-state index >= 15 is 0 Å². The summed E-state index contributed by atoms with van der Waals surface area (Å²) in [5.74, 6) is 0. The molecule has 0 amide bonds. The van der Waals surface area contributed by atoms with Crippen LogP contribution in [0.2, 0.25) is 10.0 Å². The van der Waals surface area contributed by atoms with E-state index in [4.69, 9.17) is 104 Å². The maximum absolute atomic E-state index is 6.14. The minimum atomic E-state index is -2.74. The molecule has 0 nitrogen and oxygen atoms in total. The van der Waals surface area contributed by atoms with Gasteiger partial charge in [0.05, 0.1) is 12.3 Å². The summed E-state index contributed by atoms with van der Waals surface area (Å²) in [4.78, 5) is 0. The van der Waals surface area contributed by atoms with Gasteiger partial charge in [-0.3, -0.25) is 0 Å². The van der Waals surface area contributed by atoms with E-state index < -0.39 is 32.9 Å². The fourth-order valence-electron chi connectivity index (χ4n) is 7.26. The molecule has 0 saturated carbocycles.